The van der Waals surface area contributed by atoms with E-state index in [2.05, 4.69) is 10.1 Å². The summed E-state index contributed by atoms with van der Waals surface area (Å²) in [5.41, 5.74) is -0.265. The maximum absolute atomic E-state index is 11.3. The topological polar surface area (TPSA) is 75.6 Å². The molecule has 2 N–H and O–H groups in total. The monoisotopic (exact) mass is 217 g/mol. The molecular weight excluding hydrogens is 198 g/mol. The van der Waals surface area contributed by atoms with Gasteiger partial charge >= 0.3 is 5.97 Å². The van der Waals surface area contributed by atoms with Crippen LogP contribution in [0.5, 0.6) is 0 Å². The Bertz CT molecular complexity index is 225. The Morgan fingerprint density at radius 2 is 1.93 bits per heavy atom. The highest BCUT2D eigenvalue weighted by Crippen LogP contribution is 2.10. The van der Waals surface area contributed by atoms with E-state index in [0.29, 0.717) is 0 Å². The highest BCUT2D eigenvalue weighted by Gasteiger charge is 2.18. The summed E-state index contributed by atoms with van der Waals surface area (Å²) in [5.74, 6) is -1.36. The van der Waals surface area contributed by atoms with E-state index in [9.17, 15) is 9.59 Å². The van der Waals surface area contributed by atoms with E-state index in [-0.39, 0.29) is 18.1 Å². The maximum Gasteiger partial charge on any atom is 0.329 e. The molecule has 0 radical (unpaired) electrons. The molecule has 0 spiro atoms. The number of rotatable bonds is 7. The third-order valence-electron chi connectivity index (χ3n) is 1.81. The van der Waals surface area contributed by atoms with Crippen LogP contribution < -0.4 is 5.32 Å². The zero-order valence-electron chi connectivity index (χ0n) is 9.50. The summed E-state index contributed by atoms with van der Waals surface area (Å²) in [7, 11) is 0. The average Bonchev–Trinajstić information content (AvgIpc) is 2.01. The first kappa shape index (κ1) is 13.9. The molecule has 0 aliphatic heterocycles. The fraction of sp³-hybridized carbons (Fsp3) is 0.800. The number of carbonyl (C=O) groups is 2. The van der Waals surface area contributed by atoms with E-state index >= 15 is 0 Å². The lowest BCUT2D eigenvalue weighted by atomic mass is 9.99. The second-order valence-electron chi connectivity index (χ2n) is 4.07. The van der Waals surface area contributed by atoms with Crippen LogP contribution >= 0.6 is 0 Å². The molecule has 0 aromatic heterocycles. The molecule has 0 aliphatic carbocycles. The minimum Gasteiger partial charge on any atom is -0.480 e. The van der Waals surface area contributed by atoms with Crippen molar-refractivity contribution in [2.45, 2.75) is 39.2 Å². The molecule has 0 heterocycles. The summed E-state index contributed by atoms with van der Waals surface area (Å²) < 4.78 is 4.67. The van der Waals surface area contributed by atoms with Crippen molar-refractivity contribution in [2.24, 2.45) is 0 Å². The van der Waals surface area contributed by atoms with Gasteiger partial charge in [0, 0.05) is 5.54 Å². The first-order valence-electron chi connectivity index (χ1n) is 4.98. The number of carboxylic acids is 1. The Kier molecular flexibility index (Phi) is 5.93. The molecule has 0 unspecified atom stereocenters. The van der Waals surface area contributed by atoms with Crippen molar-refractivity contribution >= 4 is 11.9 Å². The second-order valence-corrected chi connectivity index (χ2v) is 4.07. The Labute approximate surface area is 89.8 Å². The quantitative estimate of drug-likeness (QED) is 0.661. The first-order chi connectivity index (χ1) is 6.87. The van der Waals surface area contributed by atoms with Crippen LogP contribution in [0.4, 0.5) is 0 Å². The SMILES string of the molecule is CCCC(C)(C)NC(=O)COCC(=O)O. The van der Waals surface area contributed by atoms with Crippen molar-refractivity contribution in [3.63, 3.8) is 0 Å². The molecule has 0 aromatic carbocycles. The molecule has 1 amide bonds. The lowest BCUT2D eigenvalue weighted by molar-refractivity contribution is -0.143. The summed E-state index contributed by atoms with van der Waals surface area (Å²) in [4.78, 5) is 21.4. The second kappa shape index (κ2) is 6.40. The summed E-state index contributed by atoms with van der Waals surface area (Å²) in [5, 5.41) is 11.1. The van der Waals surface area contributed by atoms with Gasteiger partial charge in [-0.3, -0.25) is 4.79 Å². The van der Waals surface area contributed by atoms with Gasteiger partial charge in [0.1, 0.15) is 13.2 Å². The number of carbonyl (C=O) groups excluding carboxylic acids is 1. The lowest BCUT2D eigenvalue weighted by Gasteiger charge is -2.25. The molecule has 88 valence electrons. The first-order valence-corrected chi connectivity index (χ1v) is 4.98. The minimum absolute atomic E-state index is 0.209. The van der Waals surface area contributed by atoms with Crippen LogP contribution in [0.15, 0.2) is 0 Å². The van der Waals surface area contributed by atoms with Crippen molar-refractivity contribution in [2.75, 3.05) is 13.2 Å². The molecule has 0 aromatic rings. The summed E-state index contributed by atoms with van der Waals surface area (Å²) in [6.45, 7) is 5.23. The highest BCUT2D eigenvalue weighted by atomic mass is 16.5. The Balaban J connectivity index is 3.77. The highest BCUT2D eigenvalue weighted by molar-refractivity contribution is 5.78. The van der Waals surface area contributed by atoms with Crippen LogP contribution in [0, 0.1) is 0 Å². The normalized spacial score (nSPS) is 11.1. The zero-order chi connectivity index (χ0) is 11.9. The summed E-state index contributed by atoms with van der Waals surface area (Å²) in [6.07, 6.45) is 1.85. The molecule has 0 fully saturated rings. The van der Waals surface area contributed by atoms with E-state index in [1.165, 1.54) is 0 Å². The van der Waals surface area contributed by atoms with E-state index in [0.717, 1.165) is 12.8 Å². The molecule has 0 aliphatic rings. The van der Waals surface area contributed by atoms with Gasteiger partial charge in [-0.2, -0.15) is 0 Å². The predicted octanol–water partition coefficient (Wildman–Crippen LogP) is 0.782. The van der Waals surface area contributed by atoms with Gasteiger partial charge in [0.15, 0.2) is 0 Å². The number of amides is 1. The Morgan fingerprint density at radius 3 is 2.40 bits per heavy atom. The number of nitrogens with one attached hydrogen (secondary N) is 1. The van der Waals surface area contributed by atoms with Crippen molar-refractivity contribution in [3.8, 4) is 0 Å². The molecule has 5 heteroatoms. The van der Waals surface area contributed by atoms with Crippen LogP contribution in [0.25, 0.3) is 0 Å². The van der Waals surface area contributed by atoms with E-state index < -0.39 is 12.6 Å². The summed E-state index contributed by atoms with van der Waals surface area (Å²) in [6, 6.07) is 0. The number of ether oxygens (including phenoxy) is 1. The Morgan fingerprint density at radius 1 is 1.33 bits per heavy atom. The van der Waals surface area contributed by atoms with Gasteiger partial charge in [0.25, 0.3) is 0 Å². The fourth-order valence-electron chi connectivity index (χ4n) is 1.33. The van der Waals surface area contributed by atoms with Gasteiger partial charge in [-0.25, -0.2) is 4.79 Å². The van der Waals surface area contributed by atoms with Crippen LogP contribution in [-0.2, 0) is 14.3 Å². The van der Waals surface area contributed by atoms with Crippen molar-refractivity contribution in [1.29, 1.82) is 0 Å². The van der Waals surface area contributed by atoms with Crippen LogP contribution in [0.2, 0.25) is 0 Å². The summed E-state index contributed by atoms with van der Waals surface area (Å²) >= 11 is 0. The number of aliphatic carboxylic acids is 1. The van der Waals surface area contributed by atoms with Crippen LogP contribution in [0.3, 0.4) is 0 Å². The number of hydrogen-bond donors (Lipinski definition) is 2. The molecule has 0 saturated carbocycles. The van der Waals surface area contributed by atoms with Gasteiger partial charge in [0.05, 0.1) is 0 Å². The fourth-order valence-corrected chi connectivity index (χ4v) is 1.33. The van der Waals surface area contributed by atoms with Crippen molar-refractivity contribution in [3.05, 3.63) is 0 Å². The number of carboxylic acid groups (broad SMARTS) is 1. The largest absolute Gasteiger partial charge is 0.480 e. The molecule has 0 atom stereocenters. The van der Waals surface area contributed by atoms with Gasteiger partial charge < -0.3 is 15.2 Å². The van der Waals surface area contributed by atoms with E-state index in [1.807, 2.05) is 20.8 Å². The zero-order valence-corrected chi connectivity index (χ0v) is 9.50. The van der Waals surface area contributed by atoms with Gasteiger partial charge in [-0.05, 0) is 20.3 Å². The molecule has 15 heavy (non-hydrogen) atoms. The third kappa shape index (κ3) is 7.93. The maximum atomic E-state index is 11.3. The molecule has 5 nitrogen and oxygen atoms in total. The number of hydrogen-bond acceptors (Lipinski definition) is 3. The van der Waals surface area contributed by atoms with E-state index in [4.69, 9.17) is 5.11 Å². The van der Waals surface area contributed by atoms with Gasteiger partial charge in [-0.1, -0.05) is 13.3 Å². The van der Waals surface area contributed by atoms with Crippen molar-refractivity contribution in [1.82, 2.24) is 5.32 Å². The van der Waals surface area contributed by atoms with Gasteiger partial charge in [0.2, 0.25) is 5.91 Å². The van der Waals surface area contributed by atoms with Gasteiger partial charge in [-0.15, -0.1) is 0 Å². The Hall–Kier alpha value is -1.10. The van der Waals surface area contributed by atoms with E-state index in [1.54, 1.807) is 0 Å². The van der Waals surface area contributed by atoms with Crippen LogP contribution in [0.1, 0.15) is 33.6 Å². The molecule has 0 bridgehead atoms. The molecule has 0 rings (SSSR count). The van der Waals surface area contributed by atoms with Crippen molar-refractivity contribution < 1.29 is 19.4 Å². The average molecular weight is 217 g/mol. The third-order valence-corrected chi connectivity index (χ3v) is 1.81. The lowest BCUT2D eigenvalue weighted by Crippen LogP contribution is -2.45. The predicted molar refractivity (Wildman–Crippen MR) is 55.6 cm³/mol. The minimum atomic E-state index is -1.07. The molecule has 0 saturated heterocycles. The van der Waals surface area contributed by atoms with Crippen LogP contribution in [-0.4, -0.2) is 35.7 Å². The standard InChI is InChI=1S/C10H19NO4/c1-4-5-10(2,3)11-8(12)6-15-7-9(13)14/h4-7H2,1-3H3,(H,11,12)(H,13,14). The molecular formula is C10H19NO4. The smallest absolute Gasteiger partial charge is 0.329 e.